The standard InChI is InChI=1S/C13H16N2O/c1-15-9-10(7-11(15)8-14)12-5-3-4-6-13(12)16-2/h3-7,9H,8,14H2,1-2H3. The molecule has 1 heterocycles. The fraction of sp³-hybridized carbons (Fsp3) is 0.231. The number of methoxy groups -OCH3 is 1. The quantitative estimate of drug-likeness (QED) is 0.854. The molecule has 0 aliphatic carbocycles. The number of aromatic nitrogens is 1. The highest BCUT2D eigenvalue weighted by molar-refractivity contribution is 5.70. The molecule has 3 heteroatoms. The SMILES string of the molecule is COc1ccccc1-c1cc(CN)n(C)c1. The highest BCUT2D eigenvalue weighted by Gasteiger charge is 2.08. The van der Waals surface area contributed by atoms with E-state index in [1.165, 1.54) is 0 Å². The summed E-state index contributed by atoms with van der Waals surface area (Å²) in [6.07, 6.45) is 2.07. The van der Waals surface area contributed by atoms with Crippen molar-refractivity contribution in [2.75, 3.05) is 7.11 Å². The molecule has 0 spiro atoms. The summed E-state index contributed by atoms with van der Waals surface area (Å²) in [5.74, 6) is 0.886. The molecule has 3 nitrogen and oxygen atoms in total. The van der Waals surface area contributed by atoms with Crippen molar-refractivity contribution in [1.82, 2.24) is 4.57 Å². The van der Waals surface area contributed by atoms with Crippen molar-refractivity contribution in [2.45, 2.75) is 6.54 Å². The van der Waals surface area contributed by atoms with E-state index in [9.17, 15) is 0 Å². The lowest BCUT2D eigenvalue weighted by molar-refractivity contribution is 0.416. The molecular weight excluding hydrogens is 200 g/mol. The van der Waals surface area contributed by atoms with Crippen LogP contribution in [0.3, 0.4) is 0 Å². The topological polar surface area (TPSA) is 40.2 Å². The largest absolute Gasteiger partial charge is 0.496 e. The number of nitrogens with zero attached hydrogens (tertiary/aromatic N) is 1. The minimum absolute atomic E-state index is 0.547. The number of nitrogens with two attached hydrogens (primary N) is 1. The zero-order valence-corrected chi connectivity index (χ0v) is 9.60. The van der Waals surface area contributed by atoms with Gasteiger partial charge in [-0.25, -0.2) is 0 Å². The van der Waals surface area contributed by atoms with Crippen molar-refractivity contribution in [3.8, 4) is 16.9 Å². The lowest BCUT2D eigenvalue weighted by Gasteiger charge is -2.05. The van der Waals surface area contributed by atoms with Gasteiger partial charge in [-0.2, -0.15) is 0 Å². The Kier molecular flexibility index (Phi) is 2.97. The van der Waals surface area contributed by atoms with E-state index in [0.29, 0.717) is 6.54 Å². The van der Waals surface area contributed by atoms with E-state index >= 15 is 0 Å². The van der Waals surface area contributed by atoms with Crippen molar-refractivity contribution in [3.05, 3.63) is 42.2 Å². The molecule has 2 aromatic rings. The Labute approximate surface area is 95.5 Å². The van der Waals surface area contributed by atoms with Gasteiger partial charge in [-0.15, -0.1) is 0 Å². The summed E-state index contributed by atoms with van der Waals surface area (Å²) in [6.45, 7) is 0.547. The summed E-state index contributed by atoms with van der Waals surface area (Å²) in [7, 11) is 3.69. The first kappa shape index (κ1) is 10.8. The molecule has 0 unspecified atom stereocenters. The number of benzene rings is 1. The Morgan fingerprint density at radius 3 is 2.69 bits per heavy atom. The molecule has 0 amide bonds. The van der Waals surface area contributed by atoms with E-state index in [1.54, 1.807) is 7.11 Å². The minimum atomic E-state index is 0.547. The summed E-state index contributed by atoms with van der Waals surface area (Å²) >= 11 is 0. The number of hydrogen-bond donors (Lipinski definition) is 1. The Morgan fingerprint density at radius 2 is 2.06 bits per heavy atom. The van der Waals surface area contributed by atoms with E-state index in [2.05, 4.69) is 18.3 Å². The Morgan fingerprint density at radius 1 is 1.31 bits per heavy atom. The van der Waals surface area contributed by atoms with Crippen LogP contribution in [0.5, 0.6) is 5.75 Å². The maximum Gasteiger partial charge on any atom is 0.126 e. The first-order chi connectivity index (χ1) is 7.76. The molecule has 0 aliphatic heterocycles. The number of ether oxygens (including phenoxy) is 1. The predicted molar refractivity (Wildman–Crippen MR) is 65.3 cm³/mol. The van der Waals surface area contributed by atoms with Gasteiger partial charge >= 0.3 is 0 Å². The number of para-hydroxylation sites is 1. The van der Waals surface area contributed by atoms with Gasteiger partial charge in [0, 0.05) is 36.6 Å². The summed E-state index contributed by atoms with van der Waals surface area (Å²) in [5, 5.41) is 0. The lowest BCUT2D eigenvalue weighted by atomic mass is 10.1. The van der Waals surface area contributed by atoms with Crippen LogP contribution in [0, 0.1) is 0 Å². The van der Waals surface area contributed by atoms with Crippen LogP contribution in [0.1, 0.15) is 5.69 Å². The number of hydrogen-bond acceptors (Lipinski definition) is 2. The normalized spacial score (nSPS) is 10.4. The van der Waals surface area contributed by atoms with Crippen LogP contribution >= 0.6 is 0 Å². The van der Waals surface area contributed by atoms with Gasteiger partial charge in [-0.3, -0.25) is 0 Å². The monoisotopic (exact) mass is 216 g/mol. The smallest absolute Gasteiger partial charge is 0.126 e. The van der Waals surface area contributed by atoms with Crippen LogP contribution in [0.15, 0.2) is 36.5 Å². The lowest BCUT2D eigenvalue weighted by Crippen LogP contribution is -2.01. The predicted octanol–water partition coefficient (Wildman–Crippen LogP) is 2.16. The molecular formula is C13H16N2O. The maximum absolute atomic E-state index is 5.66. The van der Waals surface area contributed by atoms with Gasteiger partial charge in [0.25, 0.3) is 0 Å². The van der Waals surface area contributed by atoms with Gasteiger partial charge in [0.15, 0.2) is 0 Å². The molecule has 1 aromatic heterocycles. The van der Waals surface area contributed by atoms with Crippen LogP contribution in [0.2, 0.25) is 0 Å². The minimum Gasteiger partial charge on any atom is -0.496 e. The molecule has 2 rings (SSSR count). The van der Waals surface area contributed by atoms with Crippen LogP contribution < -0.4 is 10.5 Å². The molecule has 1 aromatic carbocycles. The summed E-state index contributed by atoms with van der Waals surface area (Å²) in [5.41, 5.74) is 9.01. The van der Waals surface area contributed by atoms with Gasteiger partial charge in [0.1, 0.15) is 5.75 Å². The zero-order chi connectivity index (χ0) is 11.5. The molecule has 0 bridgehead atoms. The van der Waals surface area contributed by atoms with Gasteiger partial charge in [0.2, 0.25) is 0 Å². The van der Waals surface area contributed by atoms with Crippen molar-refractivity contribution < 1.29 is 4.74 Å². The van der Waals surface area contributed by atoms with E-state index in [1.807, 2.05) is 29.8 Å². The molecule has 84 valence electrons. The number of aryl methyl sites for hydroxylation is 1. The van der Waals surface area contributed by atoms with Crippen LogP contribution in [-0.2, 0) is 13.6 Å². The molecule has 0 radical (unpaired) electrons. The fourth-order valence-corrected chi connectivity index (χ4v) is 1.84. The highest BCUT2D eigenvalue weighted by atomic mass is 16.5. The van der Waals surface area contributed by atoms with Gasteiger partial charge in [-0.05, 0) is 12.1 Å². The Hall–Kier alpha value is -1.74. The average molecular weight is 216 g/mol. The second-order valence-corrected chi connectivity index (χ2v) is 3.74. The van der Waals surface area contributed by atoms with Crippen LogP contribution in [-0.4, -0.2) is 11.7 Å². The molecule has 0 fully saturated rings. The summed E-state index contributed by atoms with van der Waals surface area (Å²) in [4.78, 5) is 0. The first-order valence-electron chi connectivity index (χ1n) is 5.25. The third-order valence-corrected chi connectivity index (χ3v) is 2.74. The zero-order valence-electron chi connectivity index (χ0n) is 9.60. The van der Waals surface area contributed by atoms with Gasteiger partial charge in [-0.1, -0.05) is 18.2 Å². The molecule has 0 aliphatic rings. The summed E-state index contributed by atoms with van der Waals surface area (Å²) < 4.78 is 7.39. The van der Waals surface area contributed by atoms with Crippen LogP contribution in [0.25, 0.3) is 11.1 Å². The molecule has 16 heavy (non-hydrogen) atoms. The van der Waals surface area contributed by atoms with Crippen molar-refractivity contribution in [2.24, 2.45) is 12.8 Å². The molecule has 2 N–H and O–H groups in total. The molecule has 0 saturated carbocycles. The van der Waals surface area contributed by atoms with Crippen molar-refractivity contribution in [1.29, 1.82) is 0 Å². The Bertz CT molecular complexity index is 488. The molecule has 0 atom stereocenters. The average Bonchev–Trinajstić information content (AvgIpc) is 2.70. The van der Waals surface area contributed by atoms with Crippen molar-refractivity contribution >= 4 is 0 Å². The van der Waals surface area contributed by atoms with Gasteiger partial charge < -0.3 is 15.0 Å². The van der Waals surface area contributed by atoms with E-state index in [0.717, 1.165) is 22.6 Å². The molecule has 0 saturated heterocycles. The van der Waals surface area contributed by atoms with E-state index in [4.69, 9.17) is 10.5 Å². The van der Waals surface area contributed by atoms with Crippen LogP contribution in [0.4, 0.5) is 0 Å². The second kappa shape index (κ2) is 4.41. The third kappa shape index (κ3) is 1.82. The first-order valence-corrected chi connectivity index (χ1v) is 5.25. The van der Waals surface area contributed by atoms with Crippen molar-refractivity contribution in [3.63, 3.8) is 0 Å². The second-order valence-electron chi connectivity index (χ2n) is 3.74. The summed E-state index contributed by atoms with van der Waals surface area (Å²) in [6, 6.07) is 10.1. The van der Waals surface area contributed by atoms with E-state index in [-0.39, 0.29) is 0 Å². The third-order valence-electron chi connectivity index (χ3n) is 2.74. The maximum atomic E-state index is 5.66. The fourth-order valence-electron chi connectivity index (χ4n) is 1.84. The number of rotatable bonds is 3. The Balaban J connectivity index is 2.49. The highest BCUT2D eigenvalue weighted by Crippen LogP contribution is 2.30. The van der Waals surface area contributed by atoms with E-state index < -0.39 is 0 Å². The van der Waals surface area contributed by atoms with Gasteiger partial charge in [0.05, 0.1) is 7.11 Å².